The lowest BCUT2D eigenvalue weighted by Gasteiger charge is -2.61. The Labute approximate surface area is 161 Å². The van der Waals surface area contributed by atoms with E-state index in [1.54, 1.807) is 6.20 Å². The van der Waals surface area contributed by atoms with Crippen LogP contribution in [0.25, 0.3) is 0 Å². The van der Waals surface area contributed by atoms with Crippen LogP contribution in [0.3, 0.4) is 0 Å². The molecular weight excluding hydrogens is 332 g/mol. The first-order chi connectivity index (χ1) is 13.1. The third-order valence-corrected chi connectivity index (χ3v) is 7.38. The van der Waals surface area contributed by atoms with Crippen molar-refractivity contribution in [2.45, 2.75) is 57.4 Å². The highest BCUT2D eigenvalue weighted by atomic mass is 16.2. The van der Waals surface area contributed by atoms with Crippen LogP contribution in [0, 0.1) is 24.2 Å². The standard InChI is InChI=1S/C24H28N2O/c1-17-4-6-21(7-5-17)23-10-19-9-20(11-23)13-24(12-19,16-23)22(27)26-15-18-3-2-8-25-14-18/h2-8,14,19-20H,9-13,15-16H2,1H3,(H,26,27). The molecule has 0 radical (unpaired) electrons. The van der Waals surface area contributed by atoms with Crippen molar-refractivity contribution in [1.29, 1.82) is 0 Å². The molecule has 6 rings (SSSR count). The van der Waals surface area contributed by atoms with E-state index in [4.69, 9.17) is 0 Å². The van der Waals surface area contributed by atoms with E-state index in [-0.39, 0.29) is 16.7 Å². The van der Waals surface area contributed by atoms with E-state index in [0.29, 0.717) is 18.4 Å². The number of aromatic nitrogens is 1. The van der Waals surface area contributed by atoms with Crippen molar-refractivity contribution in [2.24, 2.45) is 17.3 Å². The van der Waals surface area contributed by atoms with Crippen LogP contribution in [-0.4, -0.2) is 10.9 Å². The van der Waals surface area contributed by atoms with Crippen LogP contribution in [0.1, 0.15) is 55.2 Å². The summed E-state index contributed by atoms with van der Waals surface area (Å²) in [6, 6.07) is 13.1. The van der Waals surface area contributed by atoms with Crippen molar-refractivity contribution in [3.8, 4) is 0 Å². The number of aryl methyl sites for hydroxylation is 1. The predicted molar refractivity (Wildman–Crippen MR) is 106 cm³/mol. The Balaban J connectivity index is 1.41. The number of amides is 1. The molecule has 1 N–H and O–H groups in total. The van der Waals surface area contributed by atoms with Crippen LogP contribution >= 0.6 is 0 Å². The van der Waals surface area contributed by atoms with Gasteiger partial charge in [-0.25, -0.2) is 0 Å². The van der Waals surface area contributed by atoms with Gasteiger partial charge in [-0.2, -0.15) is 0 Å². The lowest BCUT2D eigenvalue weighted by molar-refractivity contribution is -0.149. The highest BCUT2D eigenvalue weighted by Crippen LogP contribution is 2.65. The normalized spacial score (nSPS) is 33.8. The van der Waals surface area contributed by atoms with E-state index in [1.165, 1.54) is 30.4 Å². The van der Waals surface area contributed by atoms with Gasteiger partial charge in [0.1, 0.15) is 0 Å². The molecule has 2 atom stereocenters. The van der Waals surface area contributed by atoms with E-state index in [1.807, 2.05) is 18.3 Å². The van der Waals surface area contributed by atoms with Gasteiger partial charge in [-0.3, -0.25) is 9.78 Å². The molecule has 2 aromatic rings. The second-order valence-electron chi connectivity index (χ2n) is 9.43. The summed E-state index contributed by atoms with van der Waals surface area (Å²) >= 11 is 0. The van der Waals surface area contributed by atoms with E-state index in [2.05, 4.69) is 41.5 Å². The maximum atomic E-state index is 13.4. The lowest BCUT2D eigenvalue weighted by atomic mass is 9.42. The molecule has 27 heavy (non-hydrogen) atoms. The number of carbonyl (C=O) groups is 1. The van der Waals surface area contributed by atoms with Gasteiger partial charge in [-0.05, 0) is 79.9 Å². The molecule has 4 bridgehead atoms. The zero-order chi connectivity index (χ0) is 18.5. The number of benzene rings is 1. The maximum Gasteiger partial charge on any atom is 0.226 e. The van der Waals surface area contributed by atoms with Crippen molar-refractivity contribution in [1.82, 2.24) is 10.3 Å². The summed E-state index contributed by atoms with van der Waals surface area (Å²) in [6.07, 6.45) is 10.7. The van der Waals surface area contributed by atoms with Crippen molar-refractivity contribution < 1.29 is 4.79 Å². The Morgan fingerprint density at radius 1 is 1.11 bits per heavy atom. The molecule has 4 aliphatic rings. The van der Waals surface area contributed by atoms with Gasteiger partial charge in [0.25, 0.3) is 0 Å². The maximum absolute atomic E-state index is 13.4. The lowest BCUT2D eigenvalue weighted by Crippen LogP contribution is -2.59. The fourth-order valence-corrected chi connectivity index (χ4v) is 6.65. The number of hydrogen-bond donors (Lipinski definition) is 1. The zero-order valence-corrected chi connectivity index (χ0v) is 16.1. The summed E-state index contributed by atoms with van der Waals surface area (Å²) in [5.41, 5.74) is 3.89. The Hall–Kier alpha value is -2.16. The molecule has 0 spiro atoms. The van der Waals surface area contributed by atoms with Crippen LogP contribution in [0.2, 0.25) is 0 Å². The quantitative estimate of drug-likeness (QED) is 0.869. The van der Waals surface area contributed by atoms with E-state index in [9.17, 15) is 4.79 Å². The summed E-state index contributed by atoms with van der Waals surface area (Å²) in [5.74, 6) is 1.69. The first kappa shape index (κ1) is 17.0. The summed E-state index contributed by atoms with van der Waals surface area (Å²) in [6.45, 7) is 2.73. The van der Waals surface area contributed by atoms with E-state index < -0.39 is 0 Å². The Morgan fingerprint density at radius 2 is 1.85 bits per heavy atom. The van der Waals surface area contributed by atoms with E-state index in [0.717, 1.165) is 24.8 Å². The third kappa shape index (κ3) is 2.88. The van der Waals surface area contributed by atoms with Gasteiger partial charge in [0.05, 0.1) is 5.41 Å². The summed E-state index contributed by atoms with van der Waals surface area (Å²) in [5, 5.41) is 3.25. The van der Waals surface area contributed by atoms with Gasteiger partial charge in [0, 0.05) is 18.9 Å². The molecule has 4 aliphatic carbocycles. The number of nitrogens with zero attached hydrogens (tertiary/aromatic N) is 1. The molecular formula is C24H28N2O. The van der Waals surface area contributed by atoms with Gasteiger partial charge < -0.3 is 5.32 Å². The Kier molecular flexibility index (Phi) is 3.89. The largest absolute Gasteiger partial charge is 0.351 e. The fourth-order valence-electron chi connectivity index (χ4n) is 6.65. The molecule has 4 saturated carbocycles. The average molecular weight is 361 g/mol. The fraction of sp³-hybridized carbons (Fsp3) is 0.500. The SMILES string of the molecule is Cc1ccc(C23CC4CC(CC(C(=O)NCc5cccnc5)(C4)C2)C3)cc1. The molecule has 1 aromatic heterocycles. The second kappa shape index (κ2) is 6.19. The molecule has 3 nitrogen and oxygen atoms in total. The van der Waals surface area contributed by atoms with Crippen molar-refractivity contribution in [3.63, 3.8) is 0 Å². The van der Waals surface area contributed by atoms with E-state index >= 15 is 0 Å². The summed E-state index contributed by atoms with van der Waals surface area (Å²) in [4.78, 5) is 17.5. The van der Waals surface area contributed by atoms with Crippen molar-refractivity contribution in [2.75, 3.05) is 0 Å². The number of carbonyl (C=O) groups excluding carboxylic acids is 1. The molecule has 1 heterocycles. The molecule has 1 aromatic carbocycles. The highest BCUT2D eigenvalue weighted by molar-refractivity contribution is 5.83. The number of hydrogen-bond acceptors (Lipinski definition) is 2. The molecule has 140 valence electrons. The number of pyridine rings is 1. The Bertz CT molecular complexity index is 828. The molecule has 0 aliphatic heterocycles. The first-order valence-corrected chi connectivity index (χ1v) is 10.3. The smallest absolute Gasteiger partial charge is 0.226 e. The van der Waals surface area contributed by atoms with Crippen molar-refractivity contribution in [3.05, 3.63) is 65.5 Å². The predicted octanol–water partition coefficient (Wildman–Crippen LogP) is 4.54. The molecule has 4 fully saturated rings. The first-order valence-electron chi connectivity index (χ1n) is 10.3. The zero-order valence-electron chi connectivity index (χ0n) is 16.1. The molecule has 0 saturated heterocycles. The van der Waals surface area contributed by atoms with Crippen LogP contribution in [0.4, 0.5) is 0 Å². The molecule has 1 amide bonds. The van der Waals surface area contributed by atoms with Crippen LogP contribution < -0.4 is 5.32 Å². The minimum absolute atomic E-state index is 0.169. The van der Waals surface area contributed by atoms with Gasteiger partial charge in [-0.15, -0.1) is 0 Å². The van der Waals surface area contributed by atoms with Gasteiger partial charge in [0.2, 0.25) is 5.91 Å². The summed E-state index contributed by atoms with van der Waals surface area (Å²) < 4.78 is 0. The number of rotatable bonds is 4. The van der Waals surface area contributed by atoms with Gasteiger partial charge in [0.15, 0.2) is 0 Å². The van der Waals surface area contributed by atoms with Crippen LogP contribution in [-0.2, 0) is 16.8 Å². The van der Waals surface area contributed by atoms with Crippen molar-refractivity contribution >= 4 is 5.91 Å². The average Bonchev–Trinajstić information content (AvgIpc) is 2.66. The molecule has 2 unspecified atom stereocenters. The minimum atomic E-state index is -0.169. The van der Waals surface area contributed by atoms with Crippen LogP contribution in [0.15, 0.2) is 48.8 Å². The topological polar surface area (TPSA) is 42.0 Å². The van der Waals surface area contributed by atoms with Gasteiger partial charge >= 0.3 is 0 Å². The number of nitrogens with one attached hydrogen (secondary N) is 1. The highest BCUT2D eigenvalue weighted by Gasteiger charge is 2.60. The molecule has 3 heteroatoms. The second-order valence-corrected chi connectivity index (χ2v) is 9.43. The van der Waals surface area contributed by atoms with Gasteiger partial charge in [-0.1, -0.05) is 35.9 Å². The third-order valence-electron chi connectivity index (χ3n) is 7.38. The Morgan fingerprint density at radius 3 is 2.52 bits per heavy atom. The monoisotopic (exact) mass is 360 g/mol. The van der Waals surface area contributed by atoms with Crippen LogP contribution in [0.5, 0.6) is 0 Å². The minimum Gasteiger partial charge on any atom is -0.351 e. The summed E-state index contributed by atoms with van der Waals surface area (Å²) in [7, 11) is 0.